The van der Waals surface area contributed by atoms with E-state index >= 15 is 0 Å². The van der Waals surface area contributed by atoms with Crippen LogP contribution in [-0.4, -0.2) is 46.5 Å². The van der Waals surface area contributed by atoms with E-state index in [1.165, 1.54) is 0 Å². The quantitative estimate of drug-likeness (QED) is 0.711. The molecular formula is C11H23NO2. The summed E-state index contributed by atoms with van der Waals surface area (Å²) >= 11 is 0. The number of aliphatic hydroxyl groups excluding tert-OH is 1. The van der Waals surface area contributed by atoms with E-state index in [4.69, 9.17) is 0 Å². The minimum Gasteiger partial charge on any atom is -0.393 e. The molecule has 0 aromatic heterocycles. The first kappa shape index (κ1) is 12.0. The molecule has 1 heterocycles. The molecule has 0 aliphatic carbocycles. The maximum Gasteiger partial charge on any atom is 0.0603 e. The number of nitrogens with zero attached hydrogens (tertiary/aromatic N) is 1. The lowest BCUT2D eigenvalue weighted by atomic mass is 9.96. The van der Waals surface area contributed by atoms with E-state index in [1.807, 2.05) is 13.8 Å². The van der Waals surface area contributed by atoms with Crippen LogP contribution < -0.4 is 0 Å². The maximum absolute atomic E-state index is 9.59. The SMILES string of the molecule is CC1CN(CCC(C)(C)O)CCC1O. The average Bonchev–Trinajstić information content (AvgIpc) is 2.06. The first-order valence-corrected chi connectivity index (χ1v) is 5.51. The smallest absolute Gasteiger partial charge is 0.0603 e. The molecule has 2 atom stereocenters. The molecule has 1 aliphatic heterocycles. The fraction of sp³-hybridized carbons (Fsp3) is 1.00. The second-order valence-corrected chi connectivity index (χ2v) is 5.20. The van der Waals surface area contributed by atoms with Crippen LogP contribution in [0.15, 0.2) is 0 Å². The van der Waals surface area contributed by atoms with Gasteiger partial charge in [-0.1, -0.05) is 6.92 Å². The molecule has 0 bridgehead atoms. The molecule has 0 aromatic rings. The van der Waals surface area contributed by atoms with Crippen molar-refractivity contribution in [2.45, 2.75) is 45.3 Å². The van der Waals surface area contributed by atoms with E-state index in [-0.39, 0.29) is 6.10 Å². The zero-order chi connectivity index (χ0) is 10.8. The summed E-state index contributed by atoms with van der Waals surface area (Å²) in [6.07, 6.45) is 1.54. The Labute approximate surface area is 86.7 Å². The summed E-state index contributed by atoms with van der Waals surface area (Å²) in [6.45, 7) is 8.62. The van der Waals surface area contributed by atoms with Crippen molar-refractivity contribution in [1.82, 2.24) is 4.90 Å². The van der Waals surface area contributed by atoms with Gasteiger partial charge in [0, 0.05) is 19.6 Å². The zero-order valence-electron chi connectivity index (χ0n) is 9.53. The number of piperidine rings is 1. The van der Waals surface area contributed by atoms with Crippen molar-refractivity contribution in [3.8, 4) is 0 Å². The summed E-state index contributed by atoms with van der Waals surface area (Å²) in [7, 11) is 0. The summed E-state index contributed by atoms with van der Waals surface area (Å²) in [5, 5.41) is 19.1. The third kappa shape index (κ3) is 3.95. The van der Waals surface area contributed by atoms with Gasteiger partial charge >= 0.3 is 0 Å². The van der Waals surface area contributed by atoms with Gasteiger partial charge in [-0.2, -0.15) is 0 Å². The molecule has 1 rings (SSSR count). The highest BCUT2D eigenvalue weighted by atomic mass is 16.3. The van der Waals surface area contributed by atoms with E-state index in [9.17, 15) is 10.2 Å². The Morgan fingerprint density at radius 3 is 2.57 bits per heavy atom. The van der Waals surface area contributed by atoms with Crippen LogP contribution in [0.4, 0.5) is 0 Å². The van der Waals surface area contributed by atoms with Gasteiger partial charge in [0.2, 0.25) is 0 Å². The molecular weight excluding hydrogens is 178 g/mol. The molecule has 2 N–H and O–H groups in total. The molecule has 3 heteroatoms. The summed E-state index contributed by atoms with van der Waals surface area (Å²) in [6, 6.07) is 0. The van der Waals surface area contributed by atoms with Crippen LogP contribution in [0, 0.1) is 5.92 Å². The van der Waals surface area contributed by atoms with Crippen LogP contribution >= 0.6 is 0 Å². The largest absolute Gasteiger partial charge is 0.393 e. The molecule has 2 unspecified atom stereocenters. The molecule has 84 valence electrons. The van der Waals surface area contributed by atoms with Crippen molar-refractivity contribution in [3.05, 3.63) is 0 Å². The van der Waals surface area contributed by atoms with Gasteiger partial charge in [-0.25, -0.2) is 0 Å². The summed E-state index contributed by atoms with van der Waals surface area (Å²) in [5.74, 6) is 0.366. The van der Waals surface area contributed by atoms with E-state index in [1.54, 1.807) is 0 Å². The lowest BCUT2D eigenvalue weighted by Crippen LogP contribution is -2.43. The minimum atomic E-state index is -0.570. The lowest BCUT2D eigenvalue weighted by molar-refractivity contribution is 0.0156. The van der Waals surface area contributed by atoms with Gasteiger partial charge in [-0.15, -0.1) is 0 Å². The van der Waals surface area contributed by atoms with Crippen LogP contribution in [0.1, 0.15) is 33.6 Å². The van der Waals surface area contributed by atoms with Crippen LogP contribution in [0.3, 0.4) is 0 Å². The van der Waals surface area contributed by atoms with Gasteiger partial charge < -0.3 is 15.1 Å². The van der Waals surface area contributed by atoms with Gasteiger partial charge in [0.05, 0.1) is 11.7 Å². The van der Waals surface area contributed by atoms with Crippen molar-refractivity contribution in [2.24, 2.45) is 5.92 Å². The molecule has 0 aromatic carbocycles. The molecule has 14 heavy (non-hydrogen) atoms. The van der Waals surface area contributed by atoms with Gasteiger partial charge in [0.15, 0.2) is 0 Å². The number of aliphatic hydroxyl groups is 2. The van der Waals surface area contributed by atoms with E-state index in [2.05, 4.69) is 11.8 Å². The maximum atomic E-state index is 9.59. The topological polar surface area (TPSA) is 43.7 Å². The highest BCUT2D eigenvalue weighted by molar-refractivity contribution is 4.78. The van der Waals surface area contributed by atoms with Crippen LogP contribution in [0.25, 0.3) is 0 Å². The first-order valence-electron chi connectivity index (χ1n) is 5.51. The zero-order valence-corrected chi connectivity index (χ0v) is 9.53. The Hall–Kier alpha value is -0.120. The molecule has 3 nitrogen and oxygen atoms in total. The molecule has 0 radical (unpaired) electrons. The third-order valence-electron chi connectivity index (χ3n) is 2.98. The van der Waals surface area contributed by atoms with Gasteiger partial charge in [0.25, 0.3) is 0 Å². The molecule has 1 aliphatic rings. The summed E-state index contributed by atoms with van der Waals surface area (Å²) < 4.78 is 0. The molecule has 0 amide bonds. The van der Waals surface area contributed by atoms with Gasteiger partial charge in [0.1, 0.15) is 0 Å². The van der Waals surface area contributed by atoms with Crippen LogP contribution in [0.5, 0.6) is 0 Å². The summed E-state index contributed by atoms with van der Waals surface area (Å²) in [4.78, 5) is 2.33. The predicted octanol–water partition coefficient (Wildman–Crippen LogP) is 0.850. The highest BCUT2D eigenvalue weighted by Crippen LogP contribution is 2.18. The second-order valence-electron chi connectivity index (χ2n) is 5.20. The third-order valence-corrected chi connectivity index (χ3v) is 2.98. The molecule has 1 saturated heterocycles. The molecule has 1 fully saturated rings. The van der Waals surface area contributed by atoms with Crippen LogP contribution in [-0.2, 0) is 0 Å². The Kier molecular flexibility index (Phi) is 3.93. The fourth-order valence-electron chi connectivity index (χ4n) is 1.85. The minimum absolute atomic E-state index is 0.131. The second kappa shape index (κ2) is 4.60. The van der Waals surface area contributed by atoms with Gasteiger partial charge in [-0.05, 0) is 32.6 Å². The summed E-state index contributed by atoms with van der Waals surface area (Å²) in [5.41, 5.74) is -0.570. The lowest BCUT2D eigenvalue weighted by Gasteiger charge is -2.35. The number of hydrogen-bond acceptors (Lipinski definition) is 3. The highest BCUT2D eigenvalue weighted by Gasteiger charge is 2.25. The van der Waals surface area contributed by atoms with Crippen molar-refractivity contribution in [1.29, 1.82) is 0 Å². The Balaban J connectivity index is 2.27. The number of hydrogen-bond donors (Lipinski definition) is 2. The monoisotopic (exact) mass is 201 g/mol. The standard InChI is InChI=1S/C11H23NO2/c1-9-8-12(6-4-10(9)13)7-5-11(2,3)14/h9-10,13-14H,4-8H2,1-3H3. The fourth-order valence-corrected chi connectivity index (χ4v) is 1.85. The van der Waals surface area contributed by atoms with Crippen molar-refractivity contribution < 1.29 is 10.2 Å². The number of likely N-dealkylation sites (tertiary alicyclic amines) is 1. The van der Waals surface area contributed by atoms with E-state index in [0.717, 1.165) is 32.5 Å². The normalized spacial score (nSPS) is 30.6. The average molecular weight is 201 g/mol. The predicted molar refractivity (Wildman–Crippen MR) is 57.1 cm³/mol. The molecule has 0 spiro atoms. The molecule has 0 saturated carbocycles. The van der Waals surface area contributed by atoms with Crippen LogP contribution in [0.2, 0.25) is 0 Å². The van der Waals surface area contributed by atoms with Crippen molar-refractivity contribution in [3.63, 3.8) is 0 Å². The van der Waals surface area contributed by atoms with Gasteiger partial charge in [-0.3, -0.25) is 0 Å². The number of rotatable bonds is 3. The van der Waals surface area contributed by atoms with E-state index in [0.29, 0.717) is 5.92 Å². The Bertz CT molecular complexity index is 177. The van der Waals surface area contributed by atoms with Crippen molar-refractivity contribution >= 4 is 0 Å². The first-order chi connectivity index (χ1) is 6.38. The van der Waals surface area contributed by atoms with Crippen molar-refractivity contribution in [2.75, 3.05) is 19.6 Å². The van der Waals surface area contributed by atoms with E-state index < -0.39 is 5.60 Å². The Morgan fingerprint density at radius 1 is 1.43 bits per heavy atom. The Morgan fingerprint density at radius 2 is 2.07 bits per heavy atom.